The lowest BCUT2D eigenvalue weighted by Gasteiger charge is -2.04. The van der Waals surface area contributed by atoms with Crippen molar-refractivity contribution in [3.05, 3.63) is 11.9 Å². The Morgan fingerprint density at radius 3 is 3.00 bits per heavy atom. The Kier molecular flexibility index (Phi) is 4.23. The lowest BCUT2D eigenvalue weighted by molar-refractivity contribution is 0.0944. The average molecular weight is 211 g/mol. The largest absolute Gasteiger partial charge is 0.350 e. The molecule has 0 saturated heterocycles. The van der Waals surface area contributed by atoms with E-state index in [0.29, 0.717) is 31.2 Å². The fourth-order valence-corrected chi connectivity index (χ4v) is 1.03. The quantitative estimate of drug-likeness (QED) is 0.695. The van der Waals surface area contributed by atoms with Crippen molar-refractivity contribution in [3.63, 3.8) is 0 Å². The summed E-state index contributed by atoms with van der Waals surface area (Å²) in [4.78, 5) is 11.5. The van der Waals surface area contributed by atoms with Crippen molar-refractivity contribution >= 4 is 5.91 Å². The van der Waals surface area contributed by atoms with Crippen LogP contribution in [0.2, 0.25) is 0 Å². The lowest BCUT2D eigenvalue weighted by atomic mass is 10.2. The van der Waals surface area contributed by atoms with Crippen molar-refractivity contribution in [1.82, 2.24) is 20.3 Å². The minimum atomic E-state index is -0.188. The fourth-order valence-electron chi connectivity index (χ4n) is 1.03. The van der Waals surface area contributed by atoms with Gasteiger partial charge in [0.2, 0.25) is 0 Å². The molecule has 0 bridgehead atoms. The number of nitrogens with one attached hydrogen (secondary N) is 1. The van der Waals surface area contributed by atoms with E-state index in [1.807, 2.05) is 13.8 Å². The number of carbonyl (C=O) groups is 1. The van der Waals surface area contributed by atoms with Crippen LogP contribution in [0.5, 0.6) is 0 Å². The maximum absolute atomic E-state index is 11.5. The van der Waals surface area contributed by atoms with E-state index in [0.717, 1.165) is 0 Å². The summed E-state index contributed by atoms with van der Waals surface area (Å²) in [6.07, 6.45) is 1.60. The Balaban J connectivity index is 2.50. The number of carbonyl (C=O) groups excluding carboxylic acids is 1. The van der Waals surface area contributed by atoms with E-state index in [1.165, 1.54) is 0 Å². The van der Waals surface area contributed by atoms with Crippen LogP contribution in [-0.4, -0.2) is 34.0 Å². The van der Waals surface area contributed by atoms with Crippen molar-refractivity contribution in [2.75, 3.05) is 13.1 Å². The molecule has 0 aromatic carbocycles. The summed E-state index contributed by atoms with van der Waals surface area (Å²) in [7, 11) is 0. The normalized spacial score (nSPS) is 10.7. The van der Waals surface area contributed by atoms with Crippen LogP contribution in [0.25, 0.3) is 0 Å². The highest BCUT2D eigenvalue weighted by atomic mass is 16.2. The molecular weight excluding hydrogens is 194 g/mol. The molecule has 1 heterocycles. The molecule has 6 heteroatoms. The summed E-state index contributed by atoms with van der Waals surface area (Å²) >= 11 is 0. The molecular formula is C9H17N5O. The molecule has 0 saturated carbocycles. The number of rotatable bonds is 5. The third-order valence-electron chi connectivity index (χ3n) is 1.80. The number of nitrogens with two attached hydrogens (primary N) is 1. The molecule has 0 aliphatic carbocycles. The fraction of sp³-hybridized carbons (Fsp3) is 0.667. The topological polar surface area (TPSA) is 85.8 Å². The van der Waals surface area contributed by atoms with Crippen molar-refractivity contribution in [2.45, 2.75) is 20.4 Å². The zero-order valence-corrected chi connectivity index (χ0v) is 9.10. The third kappa shape index (κ3) is 3.67. The van der Waals surface area contributed by atoms with Gasteiger partial charge in [0.15, 0.2) is 5.69 Å². The summed E-state index contributed by atoms with van der Waals surface area (Å²) in [5.41, 5.74) is 5.69. The maximum Gasteiger partial charge on any atom is 0.273 e. The highest BCUT2D eigenvalue weighted by Crippen LogP contribution is 1.94. The number of hydrogen-bond donors (Lipinski definition) is 2. The summed E-state index contributed by atoms with van der Waals surface area (Å²) in [5, 5.41) is 10.3. The van der Waals surface area contributed by atoms with Crippen LogP contribution in [0.3, 0.4) is 0 Å². The van der Waals surface area contributed by atoms with Crippen molar-refractivity contribution in [1.29, 1.82) is 0 Å². The second-order valence-electron chi connectivity index (χ2n) is 3.76. The Morgan fingerprint density at radius 2 is 2.40 bits per heavy atom. The Labute approximate surface area is 88.8 Å². The predicted molar refractivity (Wildman–Crippen MR) is 56.2 cm³/mol. The first-order valence-electron chi connectivity index (χ1n) is 5.02. The minimum absolute atomic E-state index is 0.188. The van der Waals surface area contributed by atoms with Gasteiger partial charge >= 0.3 is 0 Å². The zero-order chi connectivity index (χ0) is 11.3. The van der Waals surface area contributed by atoms with E-state index in [-0.39, 0.29) is 5.91 Å². The summed E-state index contributed by atoms with van der Waals surface area (Å²) in [5.74, 6) is 0.236. The molecule has 84 valence electrons. The second-order valence-corrected chi connectivity index (χ2v) is 3.76. The van der Waals surface area contributed by atoms with Gasteiger partial charge in [0.05, 0.1) is 12.7 Å². The first kappa shape index (κ1) is 11.6. The average Bonchev–Trinajstić information content (AvgIpc) is 2.63. The van der Waals surface area contributed by atoms with E-state index >= 15 is 0 Å². The maximum atomic E-state index is 11.5. The van der Waals surface area contributed by atoms with Gasteiger partial charge in [-0.05, 0) is 5.92 Å². The monoisotopic (exact) mass is 211 g/mol. The molecule has 1 rings (SSSR count). The van der Waals surface area contributed by atoms with Gasteiger partial charge in [-0.3, -0.25) is 9.48 Å². The van der Waals surface area contributed by atoms with Crippen molar-refractivity contribution in [2.24, 2.45) is 11.7 Å². The lowest BCUT2D eigenvalue weighted by Crippen LogP contribution is -2.27. The minimum Gasteiger partial charge on any atom is -0.350 e. The van der Waals surface area contributed by atoms with Gasteiger partial charge in [-0.25, -0.2) is 0 Å². The molecule has 0 aliphatic heterocycles. The molecule has 1 aromatic rings. The molecule has 0 aliphatic rings. The van der Waals surface area contributed by atoms with Gasteiger partial charge in [0.25, 0.3) is 5.91 Å². The molecule has 6 nitrogen and oxygen atoms in total. The second kappa shape index (κ2) is 5.45. The van der Waals surface area contributed by atoms with Gasteiger partial charge in [-0.1, -0.05) is 19.1 Å². The van der Waals surface area contributed by atoms with Crippen LogP contribution in [0, 0.1) is 5.92 Å². The van der Waals surface area contributed by atoms with Crippen LogP contribution < -0.4 is 11.1 Å². The van der Waals surface area contributed by atoms with E-state index in [1.54, 1.807) is 10.9 Å². The predicted octanol–water partition coefficient (Wildman–Crippen LogP) is -0.377. The third-order valence-corrected chi connectivity index (χ3v) is 1.80. The first-order valence-corrected chi connectivity index (χ1v) is 5.02. The standard InChI is InChI=1S/C9H17N5O/c1-7(2)5-11-9(15)8-6-14(4-3-10)13-12-8/h6-7H,3-5,10H2,1-2H3,(H,11,15). The highest BCUT2D eigenvalue weighted by Gasteiger charge is 2.10. The SMILES string of the molecule is CC(C)CNC(=O)c1cn(CCN)nn1. The van der Waals surface area contributed by atoms with E-state index < -0.39 is 0 Å². The molecule has 3 N–H and O–H groups in total. The first-order chi connectivity index (χ1) is 7.13. The van der Waals surface area contributed by atoms with Crippen LogP contribution in [0.1, 0.15) is 24.3 Å². The van der Waals surface area contributed by atoms with Crippen molar-refractivity contribution in [3.8, 4) is 0 Å². The highest BCUT2D eigenvalue weighted by molar-refractivity contribution is 5.91. The van der Waals surface area contributed by atoms with Gasteiger partial charge in [-0.2, -0.15) is 0 Å². The van der Waals surface area contributed by atoms with Gasteiger partial charge in [0, 0.05) is 13.1 Å². The van der Waals surface area contributed by atoms with Gasteiger partial charge in [-0.15, -0.1) is 5.10 Å². The Hall–Kier alpha value is -1.43. The molecule has 1 amide bonds. The van der Waals surface area contributed by atoms with E-state index in [4.69, 9.17) is 5.73 Å². The Bertz CT molecular complexity index is 320. The van der Waals surface area contributed by atoms with Gasteiger partial charge in [0.1, 0.15) is 0 Å². The number of amides is 1. The molecule has 1 aromatic heterocycles. The van der Waals surface area contributed by atoms with Crippen LogP contribution >= 0.6 is 0 Å². The van der Waals surface area contributed by atoms with E-state index in [2.05, 4.69) is 15.6 Å². The van der Waals surface area contributed by atoms with Gasteiger partial charge < -0.3 is 11.1 Å². The molecule has 0 fully saturated rings. The zero-order valence-electron chi connectivity index (χ0n) is 9.10. The summed E-state index contributed by atoms with van der Waals surface area (Å²) in [6.45, 7) is 5.76. The molecule has 0 atom stereocenters. The number of nitrogens with zero attached hydrogens (tertiary/aromatic N) is 3. The number of aromatic nitrogens is 3. The molecule has 15 heavy (non-hydrogen) atoms. The Morgan fingerprint density at radius 1 is 1.67 bits per heavy atom. The number of hydrogen-bond acceptors (Lipinski definition) is 4. The van der Waals surface area contributed by atoms with Crippen LogP contribution in [0.15, 0.2) is 6.20 Å². The summed E-state index contributed by atoms with van der Waals surface area (Å²) < 4.78 is 1.56. The molecule has 0 radical (unpaired) electrons. The van der Waals surface area contributed by atoms with Crippen LogP contribution in [0.4, 0.5) is 0 Å². The van der Waals surface area contributed by atoms with Crippen LogP contribution in [-0.2, 0) is 6.54 Å². The summed E-state index contributed by atoms with van der Waals surface area (Å²) in [6, 6.07) is 0. The van der Waals surface area contributed by atoms with E-state index in [9.17, 15) is 4.79 Å². The molecule has 0 spiro atoms. The smallest absolute Gasteiger partial charge is 0.273 e. The van der Waals surface area contributed by atoms with Crippen molar-refractivity contribution < 1.29 is 4.79 Å². The molecule has 0 unspecified atom stereocenters.